The van der Waals surface area contributed by atoms with Gasteiger partial charge in [0.2, 0.25) is 0 Å². The molecular formula is C8H15NO3. The topological polar surface area (TPSA) is 83.6 Å². The average Bonchev–Trinajstić information content (AvgIpc) is 2.04. The molecule has 0 aromatic rings. The highest BCUT2D eigenvalue weighted by molar-refractivity contribution is 5.73. The third-order valence-corrected chi connectivity index (χ3v) is 2.53. The van der Waals surface area contributed by atoms with E-state index >= 15 is 0 Å². The lowest BCUT2D eigenvalue weighted by Crippen LogP contribution is -2.45. The van der Waals surface area contributed by atoms with E-state index in [1.165, 1.54) is 0 Å². The number of aliphatic hydroxyl groups excluding tert-OH is 1. The Morgan fingerprint density at radius 1 is 1.42 bits per heavy atom. The van der Waals surface area contributed by atoms with Crippen LogP contribution in [-0.4, -0.2) is 28.3 Å². The average molecular weight is 173 g/mol. The summed E-state index contributed by atoms with van der Waals surface area (Å²) in [7, 11) is 0. The number of hydrogen-bond acceptors (Lipinski definition) is 3. The van der Waals surface area contributed by atoms with E-state index in [0.717, 1.165) is 19.3 Å². The standard InChI is InChI=1S/C8H15NO3/c9-7(8(11)12)5-3-1-2-4-6(5)10/h5-7,10H,1-4,9H2,(H,11,12)/t5-,6+,7-/m1/s1. The Labute approximate surface area is 71.4 Å². The zero-order chi connectivity index (χ0) is 9.14. The molecule has 0 spiro atoms. The van der Waals surface area contributed by atoms with Crippen molar-refractivity contribution in [2.75, 3.05) is 0 Å². The third-order valence-electron chi connectivity index (χ3n) is 2.53. The Bertz CT molecular complexity index is 172. The molecule has 0 aromatic heterocycles. The highest BCUT2D eigenvalue weighted by Gasteiger charge is 2.32. The van der Waals surface area contributed by atoms with Crippen LogP contribution in [0.25, 0.3) is 0 Å². The molecule has 0 unspecified atom stereocenters. The van der Waals surface area contributed by atoms with Gasteiger partial charge in [0.1, 0.15) is 6.04 Å². The first-order valence-corrected chi connectivity index (χ1v) is 4.29. The molecule has 0 amide bonds. The second kappa shape index (κ2) is 3.87. The minimum absolute atomic E-state index is 0.253. The number of hydrogen-bond donors (Lipinski definition) is 3. The van der Waals surface area contributed by atoms with E-state index in [0.29, 0.717) is 6.42 Å². The summed E-state index contributed by atoms with van der Waals surface area (Å²) in [6.07, 6.45) is 2.84. The molecule has 1 fully saturated rings. The van der Waals surface area contributed by atoms with Crippen molar-refractivity contribution in [1.82, 2.24) is 0 Å². The first kappa shape index (κ1) is 9.48. The molecule has 1 aliphatic carbocycles. The lowest BCUT2D eigenvalue weighted by molar-refractivity contribution is -0.141. The van der Waals surface area contributed by atoms with Crippen LogP contribution in [-0.2, 0) is 4.79 Å². The fraction of sp³-hybridized carbons (Fsp3) is 0.875. The molecule has 0 aliphatic heterocycles. The minimum Gasteiger partial charge on any atom is -0.480 e. The first-order chi connectivity index (χ1) is 5.63. The summed E-state index contributed by atoms with van der Waals surface area (Å²) in [5.74, 6) is -1.27. The maximum absolute atomic E-state index is 10.5. The van der Waals surface area contributed by atoms with Gasteiger partial charge in [-0.25, -0.2) is 0 Å². The molecule has 4 nitrogen and oxygen atoms in total. The van der Waals surface area contributed by atoms with Gasteiger partial charge in [-0.1, -0.05) is 12.8 Å². The minimum atomic E-state index is -1.01. The van der Waals surface area contributed by atoms with E-state index in [1.54, 1.807) is 0 Å². The number of rotatable bonds is 2. The van der Waals surface area contributed by atoms with Crippen molar-refractivity contribution >= 4 is 5.97 Å². The summed E-state index contributed by atoms with van der Waals surface area (Å²) in [4.78, 5) is 10.5. The van der Waals surface area contributed by atoms with Crippen LogP contribution in [0.2, 0.25) is 0 Å². The Hall–Kier alpha value is -0.610. The lowest BCUT2D eigenvalue weighted by Gasteiger charge is -2.29. The van der Waals surface area contributed by atoms with Gasteiger partial charge >= 0.3 is 5.97 Å². The number of aliphatic hydroxyl groups is 1. The van der Waals surface area contributed by atoms with E-state index in [-0.39, 0.29) is 5.92 Å². The van der Waals surface area contributed by atoms with Crippen molar-refractivity contribution in [2.45, 2.75) is 37.8 Å². The van der Waals surface area contributed by atoms with Crippen molar-refractivity contribution in [2.24, 2.45) is 11.7 Å². The molecule has 0 radical (unpaired) electrons. The smallest absolute Gasteiger partial charge is 0.320 e. The Balaban J connectivity index is 2.53. The van der Waals surface area contributed by atoms with Gasteiger partial charge < -0.3 is 15.9 Å². The van der Waals surface area contributed by atoms with Crippen LogP contribution >= 0.6 is 0 Å². The summed E-state index contributed by atoms with van der Waals surface area (Å²) in [5, 5.41) is 18.1. The summed E-state index contributed by atoms with van der Waals surface area (Å²) >= 11 is 0. The monoisotopic (exact) mass is 173 g/mol. The molecule has 0 bridgehead atoms. The van der Waals surface area contributed by atoms with Gasteiger partial charge in [0.15, 0.2) is 0 Å². The molecule has 1 aliphatic rings. The maximum Gasteiger partial charge on any atom is 0.320 e. The van der Waals surface area contributed by atoms with Crippen molar-refractivity contribution in [3.63, 3.8) is 0 Å². The van der Waals surface area contributed by atoms with E-state index < -0.39 is 18.1 Å². The highest BCUT2D eigenvalue weighted by Crippen LogP contribution is 2.26. The second-order valence-electron chi connectivity index (χ2n) is 3.38. The third kappa shape index (κ3) is 1.95. The number of carbonyl (C=O) groups is 1. The van der Waals surface area contributed by atoms with Gasteiger partial charge in [-0.15, -0.1) is 0 Å². The van der Waals surface area contributed by atoms with Crippen molar-refractivity contribution in [3.05, 3.63) is 0 Å². The lowest BCUT2D eigenvalue weighted by atomic mass is 9.82. The summed E-state index contributed by atoms with van der Waals surface area (Å²) in [6.45, 7) is 0. The number of aliphatic carboxylic acids is 1. The number of nitrogens with two attached hydrogens (primary N) is 1. The molecule has 70 valence electrons. The van der Waals surface area contributed by atoms with Crippen LogP contribution in [0.5, 0.6) is 0 Å². The molecule has 1 saturated carbocycles. The van der Waals surface area contributed by atoms with Crippen LogP contribution in [0.4, 0.5) is 0 Å². The van der Waals surface area contributed by atoms with E-state index in [2.05, 4.69) is 0 Å². The highest BCUT2D eigenvalue weighted by atomic mass is 16.4. The Kier molecular flexibility index (Phi) is 3.05. The van der Waals surface area contributed by atoms with E-state index in [9.17, 15) is 9.90 Å². The predicted molar refractivity (Wildman–Crippen MR) is 43.6 cm³/mol. The SMILES string of the molecule is N[C@@H](C(=O)O)[C@@H]1CCCC[C@@H]1O. The Morgan fingerprint density at radius 2 is 2.00 bits per heavy atom. The van der Waals surface area contributed by atoms with Gasteiger partial charge in [-0.3, -0.25) is 4.79 Å². The van der Waals surface area contributed by atoms with Crippen molar-refractivity contribution < 1.29 is 15.0 Å². The molecule has 3 atom stereocenters. The summed E-state index contributed by atoms with van der Waals surface area (Å²) in [6, 6.07) is -0.903. The van der Waals surface area contributed by atoms with Crippen molar-refractivity contribution in [3.8, 4) is 0 Å². The van der Waals surface area contributed by atoms with E-state index in [1.807, 2.05) is 0 Å². The molecule has 0 heterocycles. The molecular weight excluding hydrogens is 158 g/mol. The first-order valence-electron chi connectivity index (χ1n) is 4.29. The van der Waals surface area contributed by atoms with Crippen LogP contribution < -0.4 is 5.73 Å². The summed E-state index contributed by atoms with van der Waals surface area (Å²) in [5.41, 5.74) is 5.42. The quantitative estimate of drug-likeness (QED) is 0.546. The summed E-state index contributed by atoms with van der Waals surface area (Å²) < 4.78 is 0. The molecule has 0 saturated heterocycles. The van der Waals surface area contributed by atoms with Gasteiger partial charge in [0.05, 0.1) is 6.10 Å². The van der Waals surface area contributed by atoms with Crippen LogP contribution in [0, 0.1) is 5.92 Å². The van der Waals surface area contributed by atoms with Crippen LogP contribution in [0.15, 0.2) is 0 Å². The number of carboxylic acid groups (broad SMARTS) is 1. The van der Waals surface area contributed by atoms with Crippen molar-refractivity contribution in [1.29, 1.82) is 0 Å². The van der Waals surface area contributed by atoms with E-state index in [4.69, 9.17) is 10.8 Å². The fourth-order valence-electron chi connectivity index (χ4n) is 1.74. The molecule has 12 heavy (non-hydrogen) atoms. The normalized spacial score (nSPS) is 32.8. The van der Waals surface area contributed by atoms with Crippen LogP contribution in [0.1, 0.15) is 25.7 Å². The Morgan fingerprint density at radius 3 is 2.50 bits per heavy atom. The molecule has 0 aromatic carbocycles. The molecule has 4 N–H and O–H groups in total. The molecule has 1 rings (SSSR count). The zero-order valence-electron chi connectivity index (χ0n) is 6.94. The van der Waals surface area contributed by atoms with Gasteiger partial charge in [-0.05, 0) is 12.8 Å². The van der Waals surface area contributed by atoms with Gasteiger partial charge in [-0.2, -0.15) is 0 Å². The molecule has 4 heteroatoms. The maximum atomic E-state index is 10.5. The predicted octanol–water partition coefficient (Wildman–Crippen LogP) is -0.0506. The van der Waals surface area contributed by atoms with Gasteiger partial charge in [0.25, 0.3) is 0 Å². The fourth-order valence-corrected chi connectivity index (χ4v) is 1.74. The zero-order valence-corrected chi connectivity index (χ0v) is 6.94. The second-order valence-corrected chi connectivity index (χ2v) is 3.38. The number of carboxylic acids is 1. The largest absolute Gasteiger partial charge is 0.480 e. The van der Waals surface area contributed by atoms with Crippen LogP contribution in [0.3, 0.4) is 0 Å². The van der Waals surface area contributed by atoms with Gasteiger partial charge in [0, 0.05) is 5.92 Å².